The lowest BCUT2D eigenvalue weighted by atomic mass is 10.1. The van der Waals surface area contributed by atoms with Gasteiger partial charge in [-0.05, 0) is 18.1 Å². The summed E-state index contributed by atoms with van der Waals surface area (Å²) in [5.74, 6) is 0.814. The van der Waals surface area contributed by atoms with Crippen LogP contribution in [-0.2, 0) is 5.75 Å². The molecular weight excluding hydrogens is 302 g/mol. The van der Waals surface area contributed by atoms with Gasteiger partial charge in [0.2, 0.25) is 0 Å². The lowest BCUT2D eigenvalue weighted by Gasteiger charge is -2.09. The van der Waals surface area contributed by atoms with E-state index in [2.05, 4.69) is 24.0 Å². The summed E-state index contributed by atoms with van der Waals surface area (Å²) >= 11 is 7.71. The highest BCUT2D eigenvalue weighted by atomic mass is 35.5. The van der Waals surface area contributed by atoms with E-state index in [9.17, 15) is 4.79 Å². The molecule has 0 saturated carbocycles. The normalized spacial score (nSPS) is 11.0. The Kier molecular flexibility index (Phi) is 4.04. The lowest BCUT2D eigenvalue weighted by Crippen LogP contribution is -2.08. The summed E-state index contributed by atoms with van der Waals surface area (Å²) in [6, 6.07) is 16.0. The molecule has 0 atom stereocenters. The van der Waals surface area contributed by atoms with Gasteiger partial charge in [-0.25, -0.2) is 0 Å². The van der Waals surface area contributed by atoms with Crippen LogP contribution in [0.3, 0.4) is 0 Å². The molecule has 2 nitrogen and oxygen atoms in total. The van der Waals surface area contributed by atoms with Crippen LogP contribution in [-0.4, -0.2) is 4.98 Å². The van der Waals surface area contributed by atoms with Crippen molar-refractivity contribution in [1.82, 2.24) is 4.98 Å². The minimum Gasteiger partial charge on any atom is -0.315 e. The van der Waals surface area contributed by atoms with Gasteiger partial charge in [-0.1, -0.05) is 60.1 Å². The SMILES string of the molecule is Cc1ccccc1CSc1[nH]c(=O)c(Cl)c2ccccc12. The van der Waals surface area contributed by atoms with E-state index in [0.717, 1.165) is 21.6 Å². The van der Waals surface area contributed by atoms with Crippen molar-refractivity contribution in [3.8, 4) is 0 Å². The van der Waals surface area contributed by atoms with Crippen LogP contribution in [0.5, 0.6) is 0 Å². The predicted molar refractivity (Wildman–Crippen MR) is 90.3 cm³/mol. The van der Waals surface area contributed by atoms with Crippen molar-refractivity contribution in [1.29, 1.82) is 0 Å². The quantitative estimate of drug-likeness (QED) is 0.705. The summed E-state index contributed by atoms with van der Waals surface area (Å²) in [5.41, 5.74) is 2.29. The number of halogens is 1. The molecule has 4 heteroatoms. The van der Waals surface area contributed by atoms with Crippen LogP contribution in [0.15, 0.2) is 58.4 Å². The molecule has 0 aliphatic carbocycles. The van der Waals surface area contributed by atoms with E-state index < -0.39 is 0 Å². The Morgan fingerprint density at radius 1 is 1.05 bits per heavy atom. The molecule has 1 aromatic heterocycles. The fraction of sp³-hybridized carbons (Fsp3) is 0.118. The number of hydrogen-bond acceptors (Lipinski definition) is 2. The minimum atomic E-state index is -0.234. The van der Waals surface area contributed by atoms with Gasteiger partial charge in [-0.2, -0.15) is 0 Å². The number of nitrogens with one attached hydrogen (secondary N) is 1. The van der Waals surface area contributed by atoms with Crippen molar-refractivity contribution in [3.63, 3.8) is 0 Å². The van der Waals surface area contributed by atoms with Crippen LogP contribution in [0.25, 0.3) is 10.8 Å². The van der Waals surface area contributed by atoms with E-state index in [1.807, 2.05) is 36.4 Å². The highest BCUT2D eigenvalue weighted by Crippen LogP contribution is 2.30. The molecular formula is C17H14ClNOS. The first-order chi connectivity index (χ1) is 10.2. The van der Waals surface area contributed by atoms with Crippen molar-refractivity contribution < 1.29 is 0 Å². The van der Waals surface area contributed by atoms with Crippen LogP contribution >= 0.6 is 23.4 Å². The molecule has 0 aliphatic rings. The van der Waals surface area contributed by atoms with Crippen molar-refractivity contribution in [2.45, 2.75) is 17.7 Å². The second-order valence-electron chi connectivity index (χ2n) is 4.86. The molecule has 0 fully saturated rings. The zero-order valence-corrected chi connectivity index (χ0v) is 13.1. The van der Waals surface area contributed by atoms with Gasteiger partial charge in [0.1, 0.15) is 5.02 Å². The fourth-order valence-corrected chi connectivity index (χ4v) is 3.59. The number of benzene rings is 2. The maximum Gasteiger partial charge on any atom is 0.268 e. The van der Waals surface area contributed by atoms with E-state index in [0.29, 0.717) is 0 Å². The molecule has 3 rings (SSSR count). The fourth-order valence-electron chi connectivity index (χ4n) is 2.26. The number of aryl methyl sites for hydroxylation is 1. The van der Waals surface area contributed by atoms with E-state index in [1.54, 1.807) is 11.8 Å². The summed E-state index contributed by atoms with van der Waals surface area (Å²) in [6.07, 6.45) is 0. The van der Waals surface area contributed by atoms with Gasteiger partial charge in [-0.15, -0.1) is 11.8 Å². The summed E-state index contributed by atoms with van der Waals surface area (Å²) in [6.45, 7) is 2.10. The zero-order valence-electron chi connectivity index (χ0n) is 11.5. The Labute approximate surface area is 132 Å². The summed E-state index contributed by atoms with van der Waals surface area (Å²) in [5, 5.41) is 2.91. The minimum absolute atomic E-state index is 0.234. The van der Waals surface area contributed by atoms with Gasteiger partial charge >= 0.3 is 0 Å². The number of aromatic amines is 1. The number of hydrogen-bond donors (Lipinski definition) is 1. The predicted octanol–water partition coefficient (Wildman–Crippen LogP) is 4.78. The van der Waals surface area contributed by atoms with E-state index in [4.69, 9.17) is 11.6 Å². The monoisotopic (exact) mass is 315 g/mol. The maximum atomic E-state index is 11.9. The molecule has 0 spiro atoms. The maximum absolute atomic E-state index is 11.9. The molecule has 0 radical (unpaired) electrons. The molecule has 21 heavy (non-hydrogen) atoms. The van der Waals surface area contributed by atoms with Crippen LogP contribution in [0.4, 0.5) is 0 Å². The van der Waals surface area contributed by atoms with E-state index >= 15 is 0 Å². The molecule has 2 aromatic carbocycles. The first kappa shape index (κ1) is 14.2. The zero-order chi connectivity index (χ0) is 14.8. The van der Waals surface area contributed by atoms with E-state index in [1.165, 1.54) is 11.1 Å². The van der Waals surface area contributed by atoms with Gasteiger partial charge in [-0.3, -0.25) is 4.79 Å². The first-order valence-electron chi connectivity index (χ1n) is 6.64. The van der Waals surface area contributed by atoms with Crippen molar-refractivity contribution in [3.05, 3.63) is 75.0 Å². The number of thioether (sulfide) groups is 1. The Hall–Kier alpha value is -1.71. The molecule has 1 heterocycles. The van der Waals surface area contributed by atoms with Gasteiger partial charge < -0.3 is 4.98 Å². The van der Waals surface area contributed by atoms with E-state index in [-0.39, 0.29) is 10.6 Å². The van der Waals surface area contributed by atoms with Crippen LogP contribution in [0.1, 0.15) is 11.1 Å². The van der Waals surface area contributed by atoms with Gasteiger partial charge in [0.25, 0.3) is 5.56 Å². The Balaban J connectivity index is 2.00. The summed E-state index contributed by atoms with van der Waals surface area (Å²) < 4.78 is 0. The Bertz CT molecular complexity index is 857. The summed E-state index contributed by atoms with van der Waals surface area (Å²) in [7, 11) is 0. The Morgan fingerprint density at radius 2 is 1.71 bits per heavy atom. The van der Waals surface area contributed by atoms with Gasteiger partial charge in [0.05, 0.1) is 5.03 Å². The summed E-state index contributed by atoms with van der Waals surface area (Å²) in [4.78, 5) is 14.8. The molecule has 0 saturated heterocycles. The highest BCUT2D eigenvalue weighted by Gasteiger charge is 2.09. The first-order valence-corrected chi connectivity index (χ1v) is 8.01. The third kappa shape index (κ3) is 2.85. The number of fused-ring (bicyclic) bond motifs is 1. The molecule has 0 unspecified atom stereocenters. The topological polar surface area (TPSA) is 32.9 Å². The third-order valence-electron chi connectivity index (χ3n) is 3.47. The highest BCUT2D eigenvalue weighted by molar-refractivity contribution is 7.98. The molecule has 0 amide bonds. The molecule has 106 valence electrons. The molecule has 0 aliphatic heterocycles. The largest absolute Gasteiger partial charge is 0.315 e. The average Bonchev–Trinajstić information content (AvgIpc) is 2.51. The van der Waals surface area contributed by atoms with Crippen molar-refractivity contribution in [2.24, 2.45) is 0 Å². The number of rotatable bonds is 3. The van der Waals surface area contributed by atoms with Crippen molar-refractivity contribution in [2.75, 3.05) is 0 Å². The second kappa shape index (κ2) is 5.96. The lowest BCUT2D eigenvalue weighted by molar-refractivity contribution is 1.11. The van der Waals surface area contributed by atoms with Crippen molar-refractivity contribution >= 4 is 34.1 Å². The van der Waals surface area contributed by atoms with Gasteiger partial charge in [0.15, 0.2) is 0 Å². The standard InChI is InChI=1S/C17H14ClNOS/c1-11-6-2-3-7-12(11)10-21-17-14-9-5-4-8-13(14)15(18)16(20)19-17/h2-9H,10H2,1H3,(H,19,20). The Morgan fingerprint density at radius 3 is 2.48 bits per heavy atom. The smallest absolute Gasteiger partial charge is 0.268 e. The van der Waals surface area contributed by atoms with Crippen LogP contribution in [0.2, 0.25) is 5.02 Å². The second-order valence-corrected chi connectivity index (χ2v) is 6.22. The third-order valence-corrected chi connectivity index (χ3v) is 4.91. The molecule has 0 bridgehead atoms. The number of aromatic nitrogens is 1. The molecule has 3 aromatic rings. The number of H-pyrrole nitrogens is 1. The molecule has 1 N–H and O–H groups in total. The van der Waals surface area contributed by atoms with Crippen LogP contribution < -0.4 is 5.56 Å². The van der Waals surface area contributed by atoms with Crippen LogP contribution in [0, 0.1) is 6.92 Å². The average molecular weight is 316 g/mol. The van der Waals surface area contributed by atoms with Gasteiger partial charge in [0, 0.05) is 16.5 Å². The number of pyridine rings is 1.